The minimum atomic E-state index is -0.722. The molecule has 1 rings (SSSR count). The van der Waals surface area contributed by atoms with Crippen LogP contribution in [0.3, 0.4) is 0 Å². The second-order valence-electron chi connectivity index (χ2n) is 2.44. The number of anilines is 1. The maximum atomic E-state index is 11.2. The first kappa shape index (κ1) is 10.1. The third kappa shape index (κ3) is 3.08. The van der Waals surface area contributed by atoms with Gasteiger partial charge in [0.2, 0.25) is 0 Å². The fourth-order valence-corrected chi connectivity index (χ4v) is 0.897. The van der Waals surface area contributed by atoms with Gasteiger partial charge in [0.05, 0.1) is 0 Å². The van der Waals surface area contributed by atoms with E-state index in [1.54, 1.807) is 12.1 Å². The molecule has 3 nitrogen and oxygen atoms in total. The molecule has 1 atom stereocenters. The molecule has 0 aliphatic heterocycles. The molecule has 0 aliphatic carbocycles. The molecule has 0 fully saturated rings. The summed E-state index contributed by atoms with van der Waals surface area (Å²) in [7, 11) is 1.43. The molecular formula is C9H11NO2S. The number of carbonyl (C=O) groups is 1. The van der Waals surface area contributed by atoms with E-state index >= 15 is 0 Å². The minimum Gasteiger partial charge on any atom is -0.361 e. The van der Waals surface area contributed by atoms with Gasteiger partial charge in [0.15, 0.2) is 5.44 Å². The standard InChI is InChI=1S/C9H11NO2S/c1-12-9(13)8(11)10-7-5-3-2-4-6-7/h2-6,9,13H,1H3,(H,10,11). The molecule has 0 saturated heterocycles. The summed E-state index contributed by atoms with van der Waals surface area (Å²) in [6.45, 7) is 0. The molecule has 1 aromatic carbocycles. The van der Waals surface area contributed by atoms with Gasteiger partial charge in [-0.1, -0.05) is 18.2 Å². The fourth-order valence-electron chi connectivity index (χ4n) is 0.833. The number of benzene rings is 1. The summed E-state index contributed by atoms with van der Waals surface area (Å²) >= 11 is 3.92. The number of hydrogen-bond acceptors (Lipinski definition) is 3. The first-order valence-corrected chi connectivity index (χ1v) is 4.32. The lowest BCUT2D eigenvalue weighted by Crippen LogP contribution is -2.24. The van der Waals surface area contributed by atoms with Crippen molar-refractivity contribution >= 4 is 24.2 Å². The van der Waals surface area contributed by atoms with E-state index in [4.69, 9.17) is 4.74 Å². The van der Waals surface area contributed by atoms with Crippen molar-refractivity contribution in [1.82, 2.24) is 0 Å². The van der Waals surface area contributed by atoms with Crippen LogP contribution in [0.25, 0.3) is 0 Å². The van der Waals surface area contributed by atoms with Crippen LogP contribution in [0.1, 0.15) is 0 Å². The molecular weight excluding hydrogens is 186 g/mol. The first-order chi connectivity index (χ1) is 6.24. The van der Waals surface area contributed by atoms with Crippen molar-refractivity contribution < 1.29 is 9.53 Å². The Balaban J connectivity index is 2.55. The van der Waals surface area contributed by atoms with Crippen molar-refractivity contribution in [3.8, 4) is 0 Å². The lowest BCUT2D eigenvalue weighted by molar-refractivity contribution is -0.121. The van der Waals surface area contributed by atoms with Gasteiger partial charge >= 0.3 is 0 Å². The van der Waals surface area contributed by atoms with Crippen molar-refractivity contribution in [2.45, 2.75) is 5.44 Å². The molecule has 0 aliphatic rings. The molecule has 70 valence electrons. The number of methoxy groups -OCH3 is 1. The molecule has 0 radical (unpaired) electrons. The number of carbonyl (C=O) groups excluding carboxylic acids is 1. The summed E-state index contributed by atoms with van der Waals surface area (Å²) in [6, 6.07) is 9.16. The van der Waals surface area contributed by atoms with Crippen LogP contribution in [0.5, 0.6) is 0 Å². The molecule has 1 unspecified atom stereocenters. The smallest absolute Gasteiger partial charge is 0.263 e. The van der Waals surface area contributed by atoms with Crippen LogP contribution in [-0.4, -0.2) is 18.5 Å². The third-order valence-electron chi connectivity index (χ3n) is 1.49. The topological polar surface area (TPSA) is 38.3 Å². The van der Waals surface area contributed by atoms with E-state index in [2.05, 4.69) is 17.9 Å². The van der Waals surface area contributed by atoms with Gasteiger partial charge in [-0.05, 0) is 12.1 Å². The van der Waals surface area contributed by atoms with Gasteiger partial charge in [0, 0.05) is 12.8 Å². The van der Waals surface area contributed by atoms with Gasteiger partial charge in [-0.2, -0.15) is 0 Å². The van der Waals surface area contributed by atoms with Crippen molar-refractivity contribution in [3.05, 3.63) is 30.3 Å². The van der Waals surface area contributed by atoms with E-state index in [0.717, 1.165) is 5.69 Å². The monoisotopic (exact) mass is 197 g/mol. The SMILES string of the molecule is COC(S)C(=O)Nc1ccccc1. The molecule has 0 bridgehead atoms. The normalized spacial score (nSPS) is 12.2. The van der Waals surface area contributed by atoms with Gasteiger partial charge in [0.25, 0.3) is 5.91 Å². The Hall–Kier alpha value is -1.00. The summed E-state index contributed by atoms with van der Waals surface area (Å²) in [4.78, 5) is 11.2. The number of nitrogens with one attached hydrogen (secondary N) is 1. The zero-order valence-corrected chi connectivity index (χ0v) is 8.12. The lowest BCUT2D eigenvalue weighted by atomic mass is 10.3. The molecule has 0 saturated carbocycles. The Morgan fingerprint density at radius 3 is 2.62 bits per heavy atom. The quantitative estimate of drug-likeness (QED) is 0.569. The Morgan fingerprint density at radius 2 is 2.08 bits per heavy atom. The average molecular weight is 197 g/mol. The highest BCUT2D eigenvalue weighted by Crippen LogP contribution is 2.07. The summed E-state index contributed by atoms with van der Waals surface area (Å²) in [5.41, 5.74) is 0.0174. The van der Waals surface area contributed by atoms with Gasteiger partial charge in [-0.3, -0.25) is 4.79 Å². The molecule has 1 N–H and O–H groups in total. The Kier molecular flexibility index (Phi) is 3.79. The molecule has 4 heteroatoms. The number of thiol groups is 1. The average Bonchev–Trinajstić information content (AvgIpc) is 2.18. The van der Waals surface area contributed by atoms with Crippen molar-refractivity contribution in [3.63, 3.8) is 0 Å². The maximum absolute atomic E-state index is 11.2. The number of para-hydroxylation sites is 1. The minimum absolute atomic E-state index is 0.267. The predicted molar refractivity (Wildman–Crippen MR) is 54.9 cm³/mol. The second kappa shape index (κ2) is 4.89. The maximum Gasteiger partial charge on any atom is 0.263 e. The highest BCUT2D eigenvalue weighted by atomic mass is 32.1. The van der Waals surface area contributed by atoms with Gasteiger partial charge in [-0.15, -0.1) is 12.6 Å². The Labute approximate surface area is 82.5 Å². The molecule has 0 aromatic heterocycles. The van der Waals surface area contributed by atoms with Crippen molar-refractivity contribution in [2.24, 2.45) is 0 Å². The zero-order valence-electron chi connectivity index (χ0n) is 7.23. The van der Waals surface area contributed by atoms with E-state index in [1.165, 1.54) is 7.11 Å². The van der Waals surface area contributed by atoms with Crippen LogP contribution >= 0.6 is 12.6 Å². The lowest BCUT2D eigenvalue weighted by Gasteiger charge is -2.08. The first-order valence-electron chi connectivity index (χ1n) is 3.81. The molecule has 1 amide bonds. The van der Waals surface area contributed by atoms with Crippen LogP contribution < -0.4 is 5.32 Å². The zero-order chi connectivity index (χ0) is 9.68. The number of ether oxygens (including phenoxy) is 1. The third-order valence-corrected chi connectivity index (χ3v) is 1.93. The van der Waals surface area contributed by atoms with E-state index in [1.807, 2.05) is 18.2 Å². The van der Waals surface area contributed by atoms with E-state index in [0.29, 0.717) is 0 Å². The summed E-state index contributed by atoms with van der Waals surface area (Å²) in [5, 5.41) is 2.65. The second-order valence-corrected chi connectivity index (χ2v) is 2.91. The largest absolute Gasteiger partial charge is 0.361 e. The number of rotatable bonds is 3. The van der Waals surface area contributed by atoms with E-state index < -0.39 is 5.44 Å². The molecule has 0 spiro atoms. The van der Waals surface area contributed by atoms with Crippen molar-refractivity contribution in [1.29, 1.82) is 0 Å². The summed E-state index contributed by atoms with van der Waals surface area (Å²) in [5.74, 6) is -0.267. The fraction of sp³-hybridized carbons (Fsp3) is 0.222. The molecule has 13 heavy (non-hydrogen) atoms. The van der Waals surface area contributed by atoms with Crippen LogP contribution in [0, 0.1) is 0 Å². The molecule has 0 heterocycles. The number of hydrogen-bond donors (Lipinski definition) is 2. The predicted octanol–water partition coefficient (Wildman–Crippen LogP) is 1.53. The van der Waals surface area contributed by atoms with Crippen LogP contribution in [0.2, 0.25) is 0 Å². The van der Waals surface area contributed by atoms with Crippen LogP contribution in [-0.2, 0) is 9.53 Å². The van der Waals surface area contributed by atoms with Gasteiger partial charge in [-0.25, -0.2) is 0 Å². The highest BCUT2D eigenvalue weighted by Gasteiger charge is 2.11. The van der Waals surface area contributed by atoms with Crippen molar-refractivity contribution in [2.75, 3.05) is 12.4 Å². The Bertz CT molecular complexity index is 276. The summed E-state index contributed by atoms with van der Waals surface area (Å²) in [6.07, 6.45) is 0. The Morgan fingerprint density at radius 1 is 1.46 bits per heavy atom. The molecule has 1 aromatic rings. The van der Waals surface area contributed by atoms with Gasteiger partial charge < -0.3 is 10.1 Å². The number of amides is 1. The van der Waals surface area contributed by atoms with Gasteiger partial charge in [0.1, 0.15) is 0 Å². The van der Waals surface area contributed by atoms with Crippen LogP contribution in [0.15, 0.2) is 30.3 Å². The highest BCUT2D eigenvalue weighted by molar-refractivity contribution is 7.81. The van der Waals surface area contributed by atoms with E-state index in [-0.39, 0.29) is 5.91 Å². The van der Waals surface area contributed by atoms with Crippen LogP contribution in [0.4, 0.5) is 5.69 Å². The van der Waals surface area contributed by atoms with E-state index in [9.17, 15) is 4.79 Å². The summed E-state index contributed by atoms with van der Waals surface area (Å²) < 4.78 is 4.74.